The van der Waals surface area contributed by atoms with Gasteiger partial charge in [0.2, 0.25) is 5.91 Å². The molecule has 0 aromatic rings. The fourth-order valence-corrected chi connectivity index (χ4v) is 3.11. The third-order valence-electron chi connectivity index (χ3n) is 4.60. The molecule has 0 bridgehead atoms. The number of nitrogens with one attached hydrogen (secondary N) is 1. The van der Waals surface area contributed by atoms with Crippen molar-refractivity contribution in [3.8, 4) is 0 Å². The first-order valence-electron chi connectivity index (χ1n) is 9.13. The Balaban J connectivity index is 1.87. The van der Waals surface area contributed by atoms with Crippen LogP contribution in [-0.2, 0) is 9.53 Å². The summed E-state index contributed by atoms with van der Waals surface area (Å²) < 4.78 is 5.42. The summed E-state index contributed by atoms with van der Waals surface area (Å²) >= 11 is 0. The predicted octanol–water partition coefficient (Wildman–Crippen LogP) is 0.0843. The largest absolute Gasteiger partial charge is 0.379 e. The van der Waals surface area contributed by atoms with Crippen LogP contribution in [0.15, 0.2) is 4.99 Å². The van der Waals surface area contributed by atoms with E-state index < -0.39 is 0 Å². The summed E-state index contributed by atoms with van der Waals surface area (Å²) in [5.41, 5.74) is 0. The predicted molar refractivity (Wildman–Crippen MR) is 96.2 cm³/mol. The highest BCUT2D eigenvalue weighted by Gasteiger charge is 2.27. The summed E-state index contributed by atoms with van der Waals surface area (Å²) in [4.78, 5) is 22.8. The van der Waals surface area contributed by atoms with Crippen molar-refractivity contribution < 1.29 is 9.53 Å². The molecule has 1 amide bonds. The van der Waals surface area contributed by atoms with Crippen molar-refractivity contribution in [3.63, 3.8) is 0 Å². The standard InChI is InChI=1S/C17H33N5O2/c1-4-6-18-17(19-12-16(23)20(2)3)22-7-5-15(14-22)13-21-8-10-24-11-9-21/h15H,4-14H2,1-3H3,(H,18,19). The molecule has 0 aromatic carbocycles. The van der Waals surface area contributed by atoms with E-state index in [9.17, 15) is 4.79 Å². The smallest absolute Gasteiger partial charge is 0.243 e. The Morgan fingerprint density at radius 3 is 2.71 bits per heavy atom. The Morgan fingerprint density at radius 1 is 1.29 bits per heavy atom. The molecule has 24 heavy (non-hydrogen) atoms. The van der Waals surface area contributed by atoms with Gasteiger partial charge < -0.3 is 19.9 Å². The molecule has 0 saturated carbocycles. The highest BCUT2D eigenvalue weighted by Crippen LogP contribution is 2.18. The molecule has 7 heteroatoms. The number of guanidine groups is 1. The van der Waals surface area contributed by atoms with Gasteiger partial charge in [-0.25, -0.2) is 4.99 Å². The van der Waals surface area contributed by atoms with E-state index in [1.807, 2.05) is 0 Å². The second kappa shape index (κ2) is 9.84. The number of rotatable bonds is 6. The first kappa shape index (κ1) is 19.0. The van der Waals surface area contributed by atoms with Gasteiger partial charge in [0.25, 0.3) is 0 Å². The minimum absolute atomic E-state index is 0.0369. The van der Waals surface area contributed by atoms with E-state index in [-0.39, 0.29) is 12.5 Å². The number of hydrogen-bond acceptors (Lipinski definition) is 4. The van der Waals surface area contributed by atoms with E-state index in [1.54, 1.807) is 19.0 Å². The second-order valence-electron chi connectivity index (χ2n) is 6.87. The number of aliphatic imine (C=N–C) groups is 1. The molecule has 2 aliphatic heterocycles. The molecule has 2 saturated heterocycles. The maximum absolute atomic E-state index is 11.8. The van der Waals surface area contributed by atoms with Gasteiger partial charge >= 0.3 is 0 Å². The lowest BCUT2D eigenvalue weighted by Crippen LogP contribution is -2.43. The van der Waals surface area contributed by atoms with Crippen LogP contribution in [0.2, 0.25) is 0 Å². The average Bonchev–Trinajstić information content (AvgIpc) is 3.03. The van der Waals surface area contributed by atoms with Gasteiger partial charge in [-0.1, -0.05) is 6.92 Å². The normalized spacial score (nSPS) is 22.7. The summed E-state index contributed by atoms with van der Waals surface area (Å²) in [6, 6.07) is 0. The Labute approximate surface area is 146 Å². The van der Waals surface area contributed by atoms with Crippen LogP contribution < -0.4 is 5.32 Å². The lowest BCUT2D eigenvalue weighted by Gasteiger charge is -2.29. The molecule has 1 N–H and O–H groups in total. The average molecular weight is 339 g/mol. The van der Waals surface area contributed by atoms with E-state index in [2.05, 4.69) is 27.0 Å². The molecule has 0 radical (unpaired) electrons. The number of ether oxygens (including phenoxy) is 1. The quantitative estimate of drug-likeness (QED) is 0.549. The second-order valence-corrected chi connectivity index (χ2v) is 6.87. The van der Waals surface area contributed by atoms with Crippen molar-refractivity contribution in [3.05, 3.63) is 0 Å². The number of carbonyl (C=O) groups is 1. The molecule has 2 rings (SSSR count). The zero-order chi connectivity index (χ0) is 17.4. The Morgan fingerprint density at radius 2 is 2.04 bits per heavy atom. The molecule has 1 unspecified atom stereocenters. The fraction of sp³-hybridized carbons (Fsp3) is 0.882. The summed E-state index contributed by atoms with van der Waals surface area (Å²) in [6.45, 7) is 10.2. The molecule has 2 fully saturated rings. The van der Waals surface area contributed by atoms with Gasteiger partial charge in [-0.05, 0) is 18.8 Å². The maximum Gasteiger partial charge on any atom is 0.243 e. The van der Waals surface area contributed by atoms with Crippen molar-refractivity contribution in [1.29, 1.82) is 0 Å². The summed E-state index contributed by atoms with van der Waals surface area (Å²) in [6.07, 6.45) is 2.23. The highest BCUT2D eigenvalue weighted by molar-refractivity contribution is 5.85. The highest BCUT2D eigenvalue weighted by atomic mass is 16.5. The third kappa shape index (κ3) is 5.94. The molecule has 1 atom stereocenters. The molecule has 2 aliphatic rings. The number of amides is 1. The van der Waals surface area contributed by atoms with Gasteiger partial charge in [-0.3, -0.25) is 9.69 Å². The van der Waals surface area contributed by atoms with Crippen LogP contribution in [0.25, 0.3) is 0 Å². The summed E-state index contributed by atoms with van der Waals surface area (Å²) in [5.74, 6) is 1.59. The number of nitrogens with zero attached hydrogens (tertiary/aromatic N) is 4. The minimum Gasteiger partial charge on any atom is -0.379 e. The van der Waals surface area contributed by atoms with Gasteiger partial charge in [0.05, 0.1) is 13.2 Å². The van der Waals surface area contributed by atoms with E-state index in [0.717, 1.165) is 64.9 Å². The number of hydrogen-bond donors (Lipinski definition) is 1. The summed E-state index contributed by atoms with van der Waals surface area (Å²) in [5, 5.41) is 3.40. The Bertz CT molecular complexity index is 421. The number of carbonyl (C=O) groups excluding carboxylic acids is 1. The lowest BCUT2D eigenvalue weighted by molar-refractivity contribution is -0.127. The van der Waals surface area contributed by atoms with Crippen LogP contribution in [0.4, 0.5) is 0 Å². The topological polar surface area (TPSA) is 60.4 Å². The molecular weight excluding hydrogens is 306 g/mol. The van der Waals surface area contributed by atoms with Crippen LogP contribution in [0, 0.1) is 5.92 Å². The van der Waals surface area contributed by atoms with E-state index in [1.165, 1.54) is 6.42 Å². The number of morpholine rings is 1. The fourth-order valence-electron chi connectivity index (χ4n) is 3.11. The van der Waals surface area contributed by atoms with Crippen molar-refractivity contribution in [2.24, 2.45) is 10.9 Å². The van der Waals surface area contributed by atoms with Crippen molar-refractivity contribution >= 4 is 11.9 Å². The SMILES string of the molecule is CCCNC(=NCC(=O)N(C)C)N1CCC(CN2CCOCC2)C1. The minimum atomic E-state index is 0.0369. The van der Waals surface area contributed by atoms with Gasteiger partial charge in [-0.2, -0.15) is 0 Å². The Kier molecular flexibility index (Phi) is 7.78. The summed E-state index contributed by atoms with van der Waals surface area (Å²) in [7, 11) is 3.54. The van der Waals surface area contributed by atoms with Crippen LogP contribution in [0.5, 0.6) is 0 Å². The zero-order valence-corrected chi connectivity index (χ0v) is 15.5. The van der Waals surface area contributed by atoms with Crippen LogP contribution >= 0.6 is 0 Å². The van der Waals surface area contributed by atoms with Gasteiger partial charge in [0.1, 0.15) is 6.54 Å². The van der Waals surface area contributed by atoms with Gasteiger partial charge in [0.15, 0.2) is 5.96 Å². The van der Waals surface area contributed by atoms with Gasteiger partial charge in [-0.15, -0.1) is 0 Å². The van der Waals surface area contributed by atoms with Crippen LogP contribution in [0.1, 0.15) is 19.8 Å². The third-order valence-corrected chi connectivity index (χ3v) is 4.60. The van der Waals surface area contributed by atoms with Crippen molar-refractivity contribution in [2.45, 2.75) is 19.8 Å². The van der Waals surface area contributed by atoms with Crippen LogP contribution in [-0.4, -0.2) is 99.7 Å². The molecule has 0 spiro atoms. The molecular formula is C17H33N5O2. The maximum atomic E-state index is 11.8. The van der Waals surface area contributed by atoms with Gasteiger partial charge in [0, 0.05) is 53.4 Å². The van der Waals surface area contributed by atoms with Crippen LogP contribution in [0.3, 0.4) is 0 Å². The Hall–Kier alpha value is -1.34. The van der Waals surface area contributed by atoms with E-state index in [0.29, 0.717) is 5.92 Å². The molecule has 0 aromatic heterocycles. The number of likely N-dealkylation sites (tertiary alicyclic amines) is 1. The van der Waals surface area contributed by atoms with Crippen molar-refractivity contribution in [1.82, 2.24) is 20.0 Å². The molecule has 138 valence electrons. The molecule has 7 nitrogen and oxygen atoms in total. The molecule has 0 aliphatic carbocycles. The lowest BCUT2D eigenvalue weighted by atomic mass is 10.1. The van der Waals surface area contributed by atoms with E-state index in [4.69, 9.17) is 4.74 Å². The monoisotopic (exact) mass is 339 g/mol. The number of likely N-dealkylation sites (N-methyl/N-ethyl adjacent to an activating group) is 1. The van der Waals surface area contributed by atoms with E-state index >= 15 is 0 Å². The zero-order valence-electron chi connectivity index (χ0n) is 15.5. The first-order valence-corrected chi connectivity index (χ1v) is 9.13. The first-order chi connectivity index (χ1) is 11.6. The molecule has 2 heterocycles. The van der Waals surface area contributed by atoms with Crippen molar-refractivity contribution in [2.75, 3.05) is 73.1 Å².